The second-order valence-electron chi connectivity index (χ2n) is 3.64. The fourth-order valence-corrected chi connectivity index (χ4v) is 1.37. The van der Waals surface area contributed by atoms with Crippen molar-refractivity contribution in [1.82, 2.24) is 4.98 Å². The Hall–Kier alpha value is -2.23. The van der Waals surface area contributed by atoms with Crippen LogP contribution in [0.25, 0.3) is 0 Å². The minimum Gasteiger partial charge on any atom is -0.481 e. The molecule has 0 unspecified atom stereocenters. The van der Waals surface area contributed by atoms with Gasteiger partial charge in [-0.05, 0) is 18.6 Å². The van der Waals surface area contributed by atoms with Gasteiger partial charge in [0.2, 0.25) is 11.8 Å². The van der Waals surface area contributed by atoms with Crippen LogP contribution >= 0.6 is 0 Å². The van der Waals surface area contributed by atoms with Gasteiger partial charge in [-0.25, -0.2) is 0 Å². The van der Waals surface area contributed by atoms with E-state index in [1.54, 1.807) is 25.3 Å². The van der Waals surface area contributed by atoms with E-state index in [2.05, 4.69) is 4.98 Å². The van der Waals surface area contributed by atoms with E-state index in [0.717, 1.165) is 5.56 Å². The molecule has 0 aliphatic heterocycles. The van der Waals surface area contributed by atoms with Crippen molar-refractivity contribution in [3.63, 3.8) is 0 Å². The number of aromatic nitrogens is 1. The van der Waals surface area contributed by atoms with Crippen LogP contribution in [0, 0.1) is 6.92 Å². The first kappa shape index (κ1) is 11.3. The summed E-state index contributed by atoms with van der Waals surface area (Å²) in [5, 5.41) is 0. The van der Waals surface area contributed by atoms with Crippen LogP contribution in [0.15, 0.2) is 36.4 Å². The fraction of sp³-hybridized carbons (Fsp3) is 0.154. The zero-order valence-corrected chi connectivity index (χ0v) is 9.81. The van der Waals surface area contributed by atoms with E-state index in [0.29, 0.717) is 23.2 Å². The molecule has 0 saturated carbocycles. The first-order valence-corrected chi connectivity index (χ1v) is 5.24. The number of methoxy groups -OCH3 is 1. The average Bonchev–Trinajstić information content (AvgIpc) is 2.34. The molecule has 2 rings (SSSR count). The number of anilines is 1. The first-order chi connectivity index (χ1) is 8.19. The van der Waals surface area contributed by atoms with Gasteiger partial charge in [0.15, 0.2) is 0 Å². The maximum atomic E-state index is 5.81. The number of nitrogens with zero attached hydrogens (tertiary/aromatic N) is 1. The summed E-state index contributed by atoms with van der Waals surface area (Å²) in [5.74, 6) is 1.66. The van der Waals surface area contributed by atoms with Crippen molar-refractivity contribution < 1.29 is 9.47 Å². The number of pyridine rings is 1. The van der Waals surface area contributed by atoms with Gasteiger partial charge in [0.05, 0.1) is 7.11 Å². The highest BCUT2D eigenvalue weighted by Gasteiger charge is 2.02. The largest absolute Gasteiger partial charge is 0.481 e. The molecule has 2 N–H and O–H groups in total. The molecule has 88 valence electrons. The van der Waals surface area contributed by atoms with Crippen LogP contribution in [0.4, 0.5) is 5.69 Å². The third kappa shape index (κ3) is 2.66. The van der Waals surface area contributed by atoms with E-state index in [1.165, 1.54) is 0 Å². The summed E-state index contributed by atoms with van der Waals surface area (Å²) >= 11 is 0. The number of ether oxygens (including phenoxy) is 2. The summed E-state index contributed by atoms with van der Waals surface area (Å²) < 4.78 is 10.6. The normalized spacial score (nSPS) is 10.0. The van der Waals surface area contributed by atoms with Crippen molar-refractivity contribution in [2.24, 2.45) is 0 Å². The van der Waals surface area contributed by atoms with E-state index in [1.807, 2.05) is 25.1 Å². The number of hydrogen-bond donors (Lipinski definition) is 1. The second-order valence-corrected chi connectivity index (χ2v) is 3.64. The molecule has 0 spiro atoms. The van der Waals surface area contributed by atoms with Gasteiger partial charge in [-0.15, -0.1) is 0 Å². The molecule has 1 aromatic carbocycles. The molecule has 0 atom stereocenters. The average molecular weight is 230 g/mol. The maximum absolute atomic E-state index is 5.81. The lowest BCUT2D eigenvalue weighted by molar-refractivity contribution is 0.383. The van der Waals surface area contributed by atoms with E-state index in [-0.39, 0.29) is 0 Å². The number of benzene rings is 1. The minimum absolute atomic E-state index is 0.479. The Balaban J connectivity index is 2.22. The highest BCUT2D eigenvalue weighted by Crippen LogP contribution is 2.24. The van der Waals surface area contributed by atoms with Gasteiger partial charge < -0.3 is 15.2 Å². The standard InChI is InChI=1S/C13H14N2O2/c1-9-6-7-10(8-11(9)14)17-13-5-3-4-12(15-13)16-2/h3-8H,14H2,1-2H3. The third-order valence-electron chi connectivity index (χ3n) is 2.38. The van der Waals surface area contributed by atoms with Crippen molar-refractivity contribution in [1.29, 1.82) is 0 Å². The summed E-state index contributed by atoms with van der Waals surface area (Å²) in [6.45, 7) is 1.95. The Bertz CT molecular complexity index is 527. The van der Waals surface area contributed by atoms with Gasteiger partial charge in [-0.2, -0.15) is 4.98 Å². The quantitative estimate of drug-likeness (QED) is 0.824. The molecule has 2 aromatic rings. The molecule has 4 nitrogen and oxygen atoms in total. The van der Waals surface area contributed by atoms with Crippen LogP contribution in [-0.4, -0.2) is 12.1 Å². The first-order valence-electron chi connectivity index (χ1n) is 5.24. The van der Waals surface area contributed by atoms with Crippen LogP contribution in [-0.2, 0) is 0 Å². The Morgan fingerprint density at radius 3 is 2.59 bits per heavy atom. The van der Waals surface area contributed by atoms with Crippen LogP contribution in [0.5, 0.6) is 17.5 Å². The highest BCUT2D eigenvalue weighted by atomic mass is 16.5. The second kappa shape index (κ2) is 4.74. The lowest BCUT2D eigenvalue weighted by atomic mass is 10.2. The predicted molar refractivity (Wildman–Crippen MR) is 66.5 cm³/mol. The Kier molecular flexibility index (Phi) is 3.14. The monoisotopic (exact) mass is 230 g/mol. The van der Waals surface area contributed by atoms with E-state index in [9.17, 15) is 0 Å². The lowest BCUT2D eigenvalue weighted by Crippen LogP contribution is -1.93. The highest BCUT2D eigenvalue weighted by molar-refractivity contribution is 5.51. The number of nitrogen functional groups attached to an aromatic ring is 1. The van der Waals surface area contributed by atoms with Crippen molar-refractivity contribution >= 4 is 5.69 Å². The fourth-order valence-electron chi connectivity index (χ4n) is 1.37. The number of nitrogens with two attached hydrogens (primary N) is 1. The molecule has 17 heavy (non-hydrogen) atoms. The Labute approximate surface area is 100 Å². The molecule has 0 saturated heterocycles. The molecule has 0 fully saturated rings. The summed E-state index contributed by atoms with van der Waals surface area (Å²) in [7, 11) is 1.57. The SMILES string of the molecule is COc1cccc(Oc2ccc(C)c(N)c2)n1. The van der Waals surface area contributed by atoms with Gasteiger partial charge in [0.1, 0.15) is 5.75 Å². The minimum atomic E-state index is 0.479. The predicted octanol–water partition coefficient (Wildman–Crippen LogP) is 2.77. The van der Waals surface area contributed by atoms with Crippen molar-refractivity contribution in [2.45, 2.75) is 6.92 Å². The van der Waals surface area contributed by atoms with Gasteiger partial charge in [0.25, 0.3) is 0 Å². The molecule has 0 aliphatic carbocycles. The van der Waals surface area contributed by atoms with Crippen LogP contribution in [0.2, 0.25) is 0 Å². The zero-order chi connectivity index (χ0) is 12.3. The Morgan fingerprint density at radius 1 is 1.12 bits per heavy atom. The molecule has 0 aliphatic rings. The third-order valence-corrected chi connectivity index (χ3v) is 2.38. The maximum Gasteiger partial charge on any atom is 0.222 e. The van der Waals surface area contributed by atoms with E-state index in [4.69, 9.17) is 15.2 Å². The van der Waals surface area contributed by atoms with Gasteiger partial charge >= 0.3 is 0 Å². The number of rotatable bonds is 3. The zero-order valence-electron chi connectivity index (χ0n) is 9.81. The Morgan fingerprint density at radius 2 is 1.88 bits per heavy atom. The summed E-state index contributed by atoms with van der Waals surface area (Å²) in [6.07, 6.45) is 0. The summed E-state index contributed by atoms with van der Waals surface area (Å²) in [6, 6.07) is 10.9. The van der Waals surface area contributed by atoms with Crippen molar-refractivity contribution in [3.8, 4) is 17.5 Å². The van der Waals surface area contributed by atoms with E-state index < -0.39 is 0 Å². The van der Waals surface area contributed by atoms with Crippen LogP contribution in [0.1, 0.15) is 5.56 Å². The molecular formula is C13H14N2O2. The molecule has 0 radical (unpaired) electrons. The summed E-state index contributed by atoms with van der Waals surface area (Å²) in [5.41, 5.74) is 7.53. The van der Waals surface area contributed by atoms with Crippen LogP contribution in [0.3, 0.4) is 0 Å². The molecule has 0 amide bonds. The number of hydrogen-bond acceptors (Lipinski definition) is 4. The van der Waals surface area contributed by atoms with E-state index >= 15 is 0 Å². The smallest absolute Gasteiger partial charge is 0.222 e. The summed E-state index contributed by atoms with van der Waals surface area (Å²) in [4.78, 5) is 4.15. The van der Waals surface area contributed by atoms with Crippen LogP contribution < -0.4 is 15.2 Å². The molecule has 4 heteroatoms. The lowest BCUT2D eigenvalue weighted by Gasteiger charge is -2.07. The molecule has 0 bridgehead atoms. The van der Waals surface area contributed by atoms with Gasteiger partial charge in [-0.3, -0.25) is 0 Å². The topological polar surface area (TPSA) is 57.4 Å². The number of aryl methyl sites for hydroxylation is 1. The van der Waals surface area contributed by atoms with Gasteiger partial charge in [-0.1, -0.05) is 12.1 Å². The van der Waals surface area contributed by atoms with Crippen molar-refractivity contribution in [3.05, 3.63) is 42.0 Å². The molecule has 1 aromatic heterocycles. The van der Waals surface area contributed by atoms with Gasteiger partial charge in [0, 0.05) is 23.9 Å². The van der Waals surface area contributed by atoms with Crippen molar-refractivity contribution in [2.75, 3.05) is 12.8 Å². The molecular weight excluding hydrogens is 216 g/mol. The molecule has 1 heterocycles.